The van der Waals surface area contributed by atoms with Crippen molar-refractivity contribution in [1.82, 2.24) is 4.98 Å². The third kappa shape index (κ3) is 4.33. The van der Waals surface area contributed by atoms with Crippen molar-refractivity contribution in [2.45, 2.75) is 43.8 Å². The Hall–Kier alpha value is -2.33. The molecule has 4 heteroatoms. The monoisotopic (exact) mass is 379 g/mol. The van der Waals surface area contributed by atoms with Crippen LogP contribution in [0.1, 0.15) is 37.5 Å². The second-order valence-electron chi connectivity index (χ2n) is 7.08. The number of fused-ring (bicyclic) bond motifs is 1. The number of carbonyl (C=O) groups is 1. The van der Waals surface area contributed by atoms with Crippen LogP contribution in [0.25, 0.3) is 10.8 Å². The third-order valence-electron chi connectivity index (χ3n) is 4.60. The van der Waals surface area contributed by atoms with E-state index in [-0.39, 0.29) is 5.97 Å². The Labute approximate surface area is 165 Å². The zero-order valence-electron chi connectivity index (χ0n) is 16.3. The number of hydrogen-bond acceptors (Lipinski definition) is 4. The Morgan fingerprint density at radius 1 is 1.07 bits per heavy atom. The lowest BCUT2D eigenvalue weighted by Crippen LogP contribution is -2.30. The summed E-state index contributed by atoms with van der Waals surface area (Å²) < 4.78 is 4.58. The summed E-state index contributed by atoms with van der Waals surface area (Å²) in [5.41, 5.74) is 3.66. The molecule has 0 aliphatic rings. The molecule has 2 aromatic carbocycles. The zero-order chi connectivity index (χ0) is 19.4. The number of aryl methyl sites for hydroxylation is 1. The van der Waals surface area contributed by atoms with Gasteiger partial charge in [0.25, 0.3) is 0 Å². The predicted octanol–water partition coefficient (Wildman–Crippen LogP) is 5.57. The highest BCUT2D eigenvalue weighted by Crippen LogP contribution is 2.36. The van der Waals surface area contributed by atoms with Gasteiger partial charge >= 0.3 is 5.97 Å². The number of thioether (sulfide) groups is 1. The molecule has 0 N–H and O–H groups in total. The number of benzene rings is 2. The van der Waals surface area contributed by atoms with Crippen molar-refractivity contribution in [2.24, 2.45) is 0 Å². The molecule has 1 aromatic heterocycles. The van der Waals surface area contributed by atoms with Gasteiger partial charge < -0.3 is 4.74 Å². The van der Waals surface area contributed by atoms with E-state index in [4.69, 9.17) is 4.74 Å². The van der Waals surface area contributed by atoms with Gasteiger partial charge in [-0.1, -0.05) is 36.4 Å². The van der Waals surface area contributed by atoms with Crippen LogP contribution in [0.3, 0.4) is 0 Å². The van der Waals surface area contributed by atoms with E-state index in [1.165, 1.54) is 33.7 Å². The first-order valence-electron chi connectivity index (χ1n) is 9.18. The fourth-order valence-corrected chi connectivity index (χ4v) is 4.22. The fourth-order valence-electron chi connectivity index (χ4n) is 3.14. The van der Waals surface area contributed by atoms with Gasteiger partial charge in [0.05, 0.1) is 6.61 Å². The van der Waals surface area contributed by atoms with Crippen LogP contribution in [-0.2, 0) is 16.0 Å². The first-order chi connectivity index (χ1) is 12.9. The number of pyridine rings is 1. The number of aromatic nitrogens is 1. The number of rotatable bonds is 6. The normalized spacial score (nSPS) is 11.6. The smallest absolute Gasteiger partial charge is 0.321 e. The molecule has 3 nitrogen and oxygen atoms in total. The first kappa shape index (κ1) is 19.4. The number of hydrogen-bond donors (Lipinski definition) is 0. The van der Waals surface area contributed by atoms with E-state index in [0.717, 1.165) is 16.9 Å². The summed E-state index contributed by atoms with van der Waals surface area (Å²) >= 11 is 1.53. The summed E-state index contributed by atoms with van der Waals surface area (Å²) in [6, 6.07) is 14.8. The lowest BCUT2D eigenvalue weighted by molar-refractivity contribution is -0.145. The van der Waals surface area contributed by atoms with Gasteiger partial charge in [0.1, 0.15) is 4.75 Å². The van der Waals surface area contributed by atoms with Crippen LogP contribution in [0.4, 0.5) is 0 Å². The van der Waals surface area contributed by atoms with Gasteiger partial charge in [0.2, 0.25) is 0 Å². The fraction of sp³-hybridized carbons (Fsp3) is 0.304. The molecule has 0 spiro atoms. The minimum Gasteiger partial charge on any atom is -0.465 e. The van der Waals surface area contributed by atoms with Crippen LogP contribution in [0, 0.1) is 6.92 Å². The molecule has 0 aliphatic heterocycles. The third-order valence-corrected chi connectivity index (χ3v) is 5.90. The number of nitrogens with zero attached hydrogens (tertiary/aromatic N) is 1. The van der Waals surface area contributed by atoms with Gasteiger partial charge in [-0.3, -0.25) is 9.78 Å². The Kier molecular flexibility index (Phi) is 5.85. The van der Waals surface area contributed by atoms with Crippen LogP contribution in [0.5, 0.6) is 0 Å². The van der Waals surface area contributed by atoms with E-state index in [1.54, 1.807) is 6.20 Å². The van der Waals surface area contributed by atoms with Crippen LogP contribution in [-0.4, -0.2) is 22.3 Å². The molecule has 0 atom stereocenters. The van der Waals surface area contributed by atoms with Gasteiger partial charge in [-0.25, -0.2) is 0 Å². The summed E-state index contributed by atoms with van der Waals surface area (Å²) in [5, 5.41) is 2.54. The molecule has 140 valence electrons. The highest BCUT2D eigenvalue weighted by molar-refractivity contribution is 8.01. The predicted molar refractivity (Wildman–Crippen MR) is 112 cm³/mol. The van der Waals surface area contributed by atoms with Crippen molar-refractivity contribution in [3.05, 3.63) is 71.5 Å². The molecule has 0 fully saturated rings. The Balaban J connectivity index is 1.94. The SMILES string of the molecule is CCOC(=O)C(C)(C)Sc1ccncc1Cc1ccc(C)c2ccccc12. The topological polar surface area (TPSA) is 39.2 Å². The molecule has 1 heterocycles. The number of carbonyl (C=O) groups excluding carboxylic acids is 1. The highest BCUT2D eigenvalue weighted by Gasteiger charge is 2.31. The van der Waals surface area contributed by atoms with E-state index < -0.39 is 4.75 Å². The van der Waals surface area contributed by atoms with E-state index in [9.17, 15) is 4.79 Å². The van der Waals surface area contributed by atoms with Crippen molar-refractivity contribution in [3.8, 4) is 0 Å². The lowest BCUT2D eigenvalue weighted by atomic mass is 9.96. The molecule has 0 radical (unpaired) electrons. The Morgan fingerprint density at radius 3 is 2.56 bits per heavy atom. The van der Waals surface area contributed by atoms with Crippen molar-refractivity contribution in [3.63, 3.8) is 0 Å². The van der Waals surface area contributed by atoms with Crippen LogP contribution in [0.15, 0.2) is 59.8 Å². The van der Waals surface area contributed by atoms with Crippen LogP contribution in [0.2, 0.25) is 0 Å². The molecule has 3 rings (SSSR count). The van der Waals surface area contributed by atoms with Gasteiger partial charge in [-0.05, 0) is 61.2 Å². The molecular weight excluding hydrogens is 354 g/mol. The molecule has 0 saturated carbocycles. The lowest BCUT2D eigenvalue weighted by Gasteiger charge is -2.23. The van der Waals surface area contributed by atoms with E-state index in [2.05, 4.69) is 48.3 Å². The molecule has 27 heavy (non-hydrogen) atoms. The standard InChI is InChI=1S/C23H25NO2S/c1-5-26-22(25)23(3,4)27-21-12-13-24-15-18(21)14-17-11-10-16(2)19-8-6-7-9-20(17)19/h6-13,15H,5,14H2,1-4H3. The molecule has 0 unspecified atom stereocenters. The van der Waals surface area contributed by atoms with Crippen LogP contribution >= 0.6 is 11.8 Å². The van der Waals surface area contributed by atoms with Crippen molar-refractivity contribution in [1.29, 1.82) is 0 Å². The van der Waals surface area contributed by atoms with E-state index >= 15 is 0 Å². The summed E-state index contributed by atoms with van der Waals surface area (Å²) in [6.07, 6.45) is 4.45. The summed E-state index contributed by atoms with van der Waals surface area (Å²) in [6.45, 7) is 8.17. The van der Waals surface area contributed by atoms with Crippen molar-refractivity contribution < 1.29 is 9.53 Å². The molecule has 0 bridgehead atoms. The molecule has 3 aromatic rings. The summed E-state index contributed by atoms with van der Waals surface area (Å²) in [7, 11) is 0. The van der Waals surface area contributed by atoms with E-state index in [0.29, 0.717) is 6.61 Å². The highest BCUT2D eigenvalue weighted by atomic mass is 32.2. The minimum absolute atomic E-state index is 0.196. The van der Waals surface area contributed by atoms with Gasteiger partial charge in [0.15, 0.2) is 0 Å². The first-order valence-corrected chi connectivity index (χ1v) is 10.0. The number of ether oxygens (including phenoxy) is 1. The minimum atomic E-state index is -0.651. The van der Waals surface area contributed by atoms with Crippen molar-refractivity contribution >= 4 is 28.5 Å². The molecule has 0 amide bonds. The summed E-state index contributed by atoms with van der Waals surface area (Å²) in [4.78, 5) is 17.7. The summed E-state index contributed by atoms with van der Waals surface area (Å²) in [5.74, 6) is -0.196. The zero-order valence-corrected chi connectivity index (χ0v) is 17.1. The quantitative estimate of drug-likeness (QED) is 0.415. The second-order valence-corrected chi connectivity index (χ2v) is 8.74. The molecule has 0 aliphatic carbocycles. The van der Waals surface area contributed by atoms with Gasteiger partial charge in [0, 0.05) is 23.7 Å². The maximum atomic E-state index is 12.3. The number of esters is 1. The largest absolute Gasteiger partial charge is 0.465 e. The maximum absolute atomic E-state index is 12.3. The average molecular weight is 380 g/mol. The van der Waals surface area contributed by atoms with Gasteiger partial charge in [-0.2, -0.15) is 0 Å². The second kappa shape index (κ2) is 8.13. The maximum Gasteiger partial charge on any atom is 0.321 e. The van der Waals surface area contributed by atoms with Crippen LogP contribution < -0.4 is 0 Å². The average Bonchev–Trinajstić information content (AvgIpc) is 2.66. The van der Waals surface area contributed by atoms with E-state index in [1.807, 2.05) is 33.0 Å². The Bertz CT molecular complexity index is 966. The van der Waals surface area contributed by atoms with Gasteiger partial charge in [-0.15, -0.1) is 11.8 Å². The Morgan fingerprint density at radius 2 is 1.81 bits per heavy atom. The van der Waals surface area contributed by atoms with Crippen molar-refractivity contribution in [2.75, 3.05) is 6.61 Å². The molecular formula is C23H25NO2S. The molecule has 0 saturated heterocycles.